The zero-order valence-electron chi connectivity index (χ0n) is 15.1. The number of carbonyl (C=O) groups is 1. The fraction of sp³-hybridized carbons (Fsp3) is 0.100. The van der Waals surface area contributed by atoms with E-state index in [0.717, 1.165) is 12.1 Å². The number of aromatic nitrogens is 1. The van der Waals surface area contributed by atoms with E-state index in [1.165, 1.54) is 38.6 Å². The standard InChI is InChI=1S/C20H17F2N3O3/c1-27-13-6-7-17(28-2)16(11-13)24-20(26)12-8-9-23-18(10-12)25-19-14(21)4-3-5-15(19)22/h3-11H,1-2H3,(H,23,25)(H,24,26). The second-order valence-electron chi connectivity index (χ2n) is 5.67. The number of amides is 1. The number of hydrogen-bond acceptors (Lipinski definition) is 5. The van der Waals surface area contributed by atoms with Crippen LogP contribution >= 0.6 is 0 Å². The molecule has 0 aliphatic carbocycles. The van der Waals surface area contributed by atoms with Crippen molar-refractivity contribution in [2.24, 2.45) is 0 Å². The summed E-state index contributed by atoms with van der Waals surface area (Å²) in [6.07, 6.45) is 1.36. The van der Waals surface area contributed by atoms with Gasteiger partial charge in [0.25, 0.3) is 5.91 Å². The van der Waals surface area contributed by atoms with Gasteiger partial charge in [-0.05, 0) is 36.4 Å². The fourth-order valence-electron chi connectivity index (χ4n) is 2.49. The van der Waals surface area contributed by atoms with Gasteiger partial charge in [0.2, 0.25) is 0 Å². The molecule has 0 saturated heterocycles. The van der Waals surface area contributed by atoms with Crippen molar-refractivity contribution in [2.45, 2.75) is 0 Å². The second kappa shape index (κ2) is 8.34. The average Bonchev–Trinajstić information content (AvgIpc) is 2.71. The normalized spacial score (nSPS) is 10.3. The lowest BCUT2D eigenvalue weighted by molar-refractivity contribution is 0.102. The molecule has 0 unspecified atom stereocenters. The number of hydrogen-bond donors (Lipinski definition) is 2. The van der Waals surface area contributed by atoms with Crippen molar-refractivity contribution >= 4 is 23.1 Å². The van der Waals surface area contributed by atoms with E-state index in [4.69, 9.17) is 9.47 Å². The molecule has 3 rings (SSSR count). The summed E-state index contributed by atoms with van der Waals surface area (Å²) in [5.41, 5.74) is 0.305. The molecule has 0 bridgehead atoms. The number of halogens is 2. The molecule has 1 heterocycles. The highest BCUT2D eigenvalue weighted by Gasteiger charge is 2.14. The number of para-hydroxylation sites is 1. The van der Waals surface area contributed by atoms with E-state index in [1.54, 1.807) is 18.2 Å². The summed E-state index contributed by atoms with van der Waals surface area (Å²) < 4.78 is 38.0. The van der Waals surface area contributed by atoms with Crippen molar-refractivity contribution in [3.05, 3.63) is 71.9 Å². The molecular weight excluding hydrogens is 368 g/mol. The topological polar surface area (TPSA) is 72.5 Å². The van der Waals surface area contributed by atoms with Gasteiger partial charge in [0, 0.05) is 17.8 Å². The van der Waals surface area contributed by atoms with Crippen LogP contribution in [0.4, 0.5) is 26.0 Å². The number of carbonyl (C=O) groups excluding carboxylic acids is 1. The molecule has 0 spiro atoms. The first kappa shape index (κ1) is 19.1. The van der Waals surface area contributed by atoms with Crippen LogP contribution in [0.2, 0.25) is 0 Å². The van der Waals surface area contributed by atoms with E-state index in [0.29, 0.717) is 17.2 Å². The first-order chi connectivity index (χ1) is 13.5. The molecule has 0 aliphatic rings. The molecule has 2 aromatic carbocycles. The van der Waals surface area contributed by atoms with E-state index < -0.39 is 17.5 Å². The van der Waals surface area contributed by atoms with Gasteiger partial charge < -0.3 is 20.1 Å². The third kappa shape index (κ3) is 4.17. The Morgan fingerprint density at radius 1 is 1.00 bits per heavy atom. The largest absolute Gasteiger partial charge is 0.497 e. The number of benzene rings is 2. The maximum absolute atomic E-state index is 13.8. The molecular formula is C20H17F2N3O3. The predicted molar refractivity (Wildman–Crippen MR) is 101 cm³/mol. The van der Waals surface area contributed by atoms with E-state index in [9.17, 15) is 13.6 Å². The van der Waals surface area contributed by atoms with E-state index in [1.807, 2.05) is 0 Å². The molecule has 0 radical (unpaired) electrons. The van der Waals surface area contributed by atoms with Crippen molar-refractivity contribution in [3.8, 4) is 11.5 Å². The minimum Gasteiger partial charge on any atom is -0.497 e. The first-order valence-electron chi connectivity index (χ1n) is 8.22. The Bertz CT molecular complexity index is 991. The summed E-state index contributed by atoms with van der Waals surface area (Å²) in [6, 6.07) is 11.3. The minimum absolute atomic E-state index is 0.120. The van der Waals surface area contributed by atoms with Crippen molar-refractivity contribution in [1.29, 1.82) is 0 Å². The zero-order chi connectivity index (χ0) is 20.1. The molecule has 0 aliphatic heterocycles. The minimum atomic E-state index is -0.766. The number of rotatable bonds is 6. The van der Waals surface area contributed by atoms with Gasteiger partial charge >= 0.3 is 0 Å². The lowest BCUT2D eigenvalue weighted by Gasteiger charge is -2.12. The van der Waals surface area contributed by atoms with E-state index >= 15 is 0 Å². The Kier molecular flexibility index (Phi) is 5.69. The van der Waals surface area contributed by atoms with Crippen molar-refractivity contribution in [3.63, 3.8) is 0 Å². The van der Waals surface area contributed by atoms with Gasteiger partial charge in [0.15, 0.2) is 0 Å². The van der Waals surface area contributed by atoms with E-state index in [2.05, 4.69) is 15.6 Å². The van der Waals surface area contributed by atoms with Crippen LogP contribution in [-0.2, 0) is 0 Å². The summed E-state index contributed by atoms with van der Waals surface area (Å²) in [4.78, 5) is 16.6. The first-order valence-corrected chi connectivity index (χ1v) is 8.22. The SMILES string of the molecule is COc1ccc(OC)c(NC(=O)c2ccnc(Nc3c(F)cccc3F)c2)c1. The van der Waals surface area contributed by atoms with Crippen molar-refractivity contribution < 1.29 is 23.0 Å². The molecule has 1 amide bonds. The van der Waals surface area contributed by atoms with Crippen LogP contribution in [-0.4, -0.2) is 25.1 Å². The van der Waals surface area contributed by atoms with Crippen LogP contribution in [0.15, 0.2) is 54.7 Å². The van der Waals surface area contributed by atoms with Gasteiger partial charge in [-0.15, -0.1) is 0 Å². The van der Waals surface area contributed by atoms with Crippen LogP contribution in [0.3, 0.4) is 0 Å². The third-order valence-corrected chi connectivity index (χ3v) is 3.89. The Hall–Kier alpha value is -3.68. The highest BCUT2D eigenvalue weighted by molar-refractivity contribution is 6.05. The smallest absolute Gasteiger partial charge is 0.255 e. The molecule has 6 nitrogen and oxygen atoms in total. The molecule has 2 N–H and O–H groups in total. The zero-order valence-corrected chi connectivity index (χ0v) is 15.1. The molecule has 8 heteroatoms. The average molecular weight is 385 g/mol. The van der Waals surface area contributed by atoms with Crippen LogP contribution in [0, 0.1) is 11.6 Å². The highest BCUT2D eigenvalue weighted by atomic mass is 19.1. The summed E-state index contributed by atoms with van der Waals surface area (Å²) in [6.45, 7) is 0. The molecule has 3 aromatic rings. The van der Waals surface area contributed by atoms with Gasteiger partial charge in [0.05, 0.1) is 19.9 Å². The summed E-state index contributed by atoms with van der Waals surface area (Å²) in [5.74, 6) is -0.867. The Morgan fingerprint density at radius 3 is 2.43 bits per heavy atom. The summed E-state index contributed by atoms with van der Waals surface area (Å²) in [5, 5.41) is 5.27. The van der Waals surface area contributed by atoms with Gasteiger partial charge in [-0.1, -0.05) is 6.07 Å². The van der Waals surface area contributed by atoms with Crippen LogP contribution in [0.1, 0.15) is 10.4 Å². The monoisotopic (exact) mass is 385 g/mol. The van der Waals surface area contributed by atoms with Crippen LogP contribution in [0.5, 0.6) is 11.5 Å². The third-order valence-electron chi connectivity index (χ3n) is 3.89. The Labute approximate surface area is 160 Å². The van der Waals surface area contributed by atoms with Crippen LogP contribution < -0.4 is 20.1 Å². The molecule has 0 saturated carbocycles. The van der Waals surface area contributed by atoms with E-state index in [-0.39, 0.29) is 17.1 Å². The molecule has 1 aromatic heterocycles. The van der Waals surface area contributed by atoms with Gasteiger partial charge in [-0.2, -0.15) is 0 Å². The summed E-state index contributed by atoms with van der Waals surface area (Å²) in [7, 11) is 2.99. The number of ether oxygens (including phenoxy) is 2. The lowest BCUT2D eigenvalue weighted by atomic mass is 10.2. The number of methoxy groups -OCH3 is 2. The molecule has 144 valence electrons. The van der Waals surface area contributed by atoms with Crippen LogP contribution in [0.25, 0.3) is 0 Å². The van der Waals surface area contributed by atoms with Gasteiger partial charge in [-0.25, -0.2) is 13.8 Å². The second-order valence-corrected chi connectivity index (χ2v) is 5.67. The number of anilines is 3. The maximum Gasteiger partial charge on any atom is 0.255 e. The number of pyridine rings is 1. The molecule has 0 atom stereocenters. The van der Waals surface area contributed by atoms with Crippen molar-refractivity contribution in [2.75, 3.05) is 24.9 Å². The number of nitrogens with zero attached hydrogens (tertiary/aromatic N) is 1. The Morgan fingerprint density at radius 2 is 1.75 bits per heavy atom. The van der Waals surface area contributed by atoms with Crippen molar-refractivity contribution in [1.82, 2.24) is 4.98 Å². The quantitative estimate of drug-likeness (QED) is 0.659. The summed E-state index contributed by atoms with van der Waals surface area (Å²) >= 11 is 0. The van der Waals surface area contributed by atoms with Gasteiger partial charge in [-0.3, -0.25) is 4.79 Å². The lowest BCUT2D eigenvalue weighted by Crippen LogP contribution is -2.13. The fourth-order valence-corrected chi connectivity index (χ4v) is 2.49. The number of nitrogens with one attached hydrogen (secondary N) is 2. The molecule has 0 fully saturated rings. The highest BCUT2D eigenvalue weighted by Crippen LogP contribution is 2.29. The van der Waals surface area contributed by atoms with Gasteiger partial charge in [0.1, 0.15) is 34.6 Å². The maximum atomic E-state index is 13.8. The Balaban J connectivity index is 1.83. The molecule has 28 heavy (non-hydrogen) atoms. The predicted octanol–water partition coefficient (Wildman–Crippen LogP) is 4.37.